The molecule has 28 heavy (non-hydrogen) atoms. The lowest BCUT2D eigenvalue weighted by atomic mass is 10.1. The van der Waals surface area contributed by atoms with Gasteiger partial charge in [-0.3, -0.25) is 9.69 Å². The predicted molar refractivity (Wildman–Crippen MR) is 111 cm³/mol. The Morgan fingerprint density at radius 1 is 1.04 bits per heavy atom. The van der Waals surface area contributed by atoms with Gasteiger partial charge in [0.1, 0.15) is 18.1 Å². The van der Waals surface area contributed by atoms with E-state index in [4.69, 9.17) is 9.47 Å². The molecule has 2 aliphatic rings. The van der Waals surface area contributed by atoms with E-state index in [2.05, 4.69) is 23.1 Å². The van der Waals surface area contributed by atoms with Crippen molar-refractivity contribution in [1.82, 2.24) is 9.80 Å². The third-order valence-electron chi connectivity index (χ3n) is 5.34. The van der Waals surface area contributed by atoms with E-state index in [-0.39, 0.29) is 11.2 Å². The molecule has 4 rings (SSSR count). The third-order valence-corrected chi connectivity index (χ3v) is 6.65. The summed E-state index contributed by atoms with van der Waals surface area (Å²) >= 11 is 1.72. The van der Waals surface area contributed by atoms with Gasteiger partial charge in [0.05, 0.1) is 12.4 Å². The lowest BCUT2D eigenvalue weighted by Gasteiger charge is -2.35. The van der Waals surface area contributed by atoms with E-state index in [1.807, 2.05) is 35.2 Å². The molecule has 0 bridgehead atoms. The summed E-state index contributed by atoms with van der Waals surface area (Å²) in [6, 6.07) is 16.0. The number of hydrogen-bond acceptors (Lipinski definition) is 5. The number of benzene rings is 2. The van der Waals surface area contributed by atoms with Gasteiger partial charge in [-0.15, -0.1) is 11.8 Å². The summed E-state index contributed by atoms with van der Waals surface area (Å²) in [6.45, 7) is 4.93. The predicted octanol–water partition coefficient (Wildman–Crippen LogP) is 2.94. The minimum Gasteiger partial charge on any atom is -0.497 e. The van der Waals surface area contributed by atoms with Crippen molar-refractivity contribution < 1.29 is 14.3 Å². The van der Waals surface area contributed by atoms with Gasteiger partial charge in [-0.1, -0.05) is 18.2 Å². The Bertz CT molecular complexity index is 779. The fraction of sp³-hybridized carbons (Fsp3) is 0.409. The second kappa shape index (κ2) is 8.88. The molecular weight excluding hydrogens is 372 g/mol. The fourth-order valence-corrected chi connectivity index (χ4v) is 4.96. The molecule has 1 amide bonds. The number of methoxy groups -OCH3 is 1. The Balaban J connectivity index is 1.19. The quantitative estimate of drug-likeness (QED) is 0.748. The SMILES string of the molecule is COc1ccc(OCCN2CCN(C(=O)C3Cc4ccccc4S3)CC2)cc1. The average Bonchev–Trinajstić information content (AvgIpc) is 3.18. The first-order valence-electron chi connectivity index (χ1n) is 9.75. The van der Waals surface area contributed by atoms with E-state index in [1.54, 1.807) is 18.9 Å². The molecular formula is C22H26N2O3S. The van der Waals surface area contributed by atoms with Crippen LogP contribution in [0, 0.1) is 0 Å². The topological polar surface area (TPSA) is 42.0 Å². The van der Waals surface area contributed by atoms with Crippen LogP contribution in [0.4, 0.5) is 0 Å². The molecule has 2 heterocycles. The smallest absolute Gasteiger partial charge is 0.236 e. The molecule has 0 spiro atoms. The maximum absolute atomic E-state index is 12.9. The van der Waals surface area contributed by atoms with Crippen molar-refractivity contribution in [1.29, 1.82) is 0 Å². The number of piperazine rings is 1. The molecule has 1 fully saturated rings. The minimum absolute atomic E-state index is 0.0438. The standard InChI is InChI=1S/C22H26N2O3S/c1-26-18-6-8-19(9-7-18)27-15-14-23-10-12-24(13-11-23)22(25)21-16-17-4-2-3-5-20(17)28-21/h2-9,21H,10-16H2,1H3. The maximum atomic E-state index is 12.9. The zero-order chi connectivity index (χ0) is 19.3. The van der Waals surface area contributed by atoms with Gasteiger partial charge in [-0.05, 0) is 42.3 Å². The molecule has 0 radical (unpaired) electrons. The number of carbonyl (C=O) groups excluding carboxylic acids is 1. The van der Waals surface area contributed by atoms with Crippen LogP contribution in [-0.2, 0) is 11.2 Å². The van der Waals surface area contributed by atoms with Crippen molar-refractivity contribution in [2.24, 2.45) is 0 Å². The number of thioether (sulfide) groups is 1. The number of rotatable bonds is 6. The summed E-state index contributed by atoms with van der Waals surface area (Å²) in [5.41, 5.74) is 1.31. The molecule has 2 aliphatic heterocycles. The van der Waals surface area contributed by atoms with Crippen molar-refractivity contribution in [3.8, 4) is 11.5 Å². The van der Waals surface area contributed by atoms with Crippen molar-refractivity contribution >= 4 is 17.7 Å². The molecule has 148 valence electrons. The maximum Gasteiger partial charge on any atom is 0.236 e. The van der Waals surface area contributed by atoms with E-state index < -0.39 is 0 Å². The number of ether oxygens (including phenoxy) is 2. The zero-order valence-corrected chi connectivity index (χ0v) is 17.0. The highest BCUT2D eigenvalue weighted by molar-refractivity contribution is 8.01. The van der Waals surface area contributed by atoms with Gasteiger partial charge in [0.15, 0.2) is 0 Å². The van der Waals surface area contributed by atoms with E-state index in [9.17, 15) is 4.79 Å². The number of carbonyl (C=O) groups is 1. The zero-order valence-electron chi connectivity index (χ0n) is 16.2. The molecule has 1 atom stereocenters. The summed E-state index contributed by atoms with van der Waals surface area (Å²) in [7, 11) is 1.66. The second-order valence-corrected chi connectivity index (χ2v) is 8.35. The first-order valence-corrected chi connectivity index (χ1v) is 10.6. The number of hydrogen-bond donors (Lipinski definition) is 0. The third kappa shape index (κ3) is 4.45. The molecule has 1 saturated heterocycles. The van der Waals surface area contributed by atoms with Crippen LogP contribution >= 0.6 is 11.8 Å². The van der Waals surface area contributed by atoms with Gasteiger partial charge in [0.2, 0.25) is 5.91 Å². The van der Waals surface area contributed by atoms with Gasteiger partial charge in [0.25, 0.3) is 0 Å². The summed E-state index contributed by atoms with van der Waals surface area (Å²) in [5.74, 6) is 1.97. The lowest BCUT2D eigenvalue weighted by molar-refractivity contribution is -0.132. The van der Waals surface area contributed by atoms with Crippen molar-refractivity contribution in [3.05, 3.63) is 54.1 Å². The van der Waals surface area contributed by atoms with E-state index in [1.165, 1.54) is 10.5 Å². The first kappa shape index (κ1) is 19.2. The van der Waals surface area contributed by atoms with Gasteiger partial charge in [-0.25, -0.2) is 0 Å². The summed E-state index contributed by atoms with van der Waals surface area (Å²) in [5, 5.41) is 0.0438. The molecule has 2 aromatic carbocycles. The summed E-state index contributed by atoms with van der Waals surface area (Å²) in [6.07, 6.45) is 0.857. The molecule has 6 heteroatoms. The number of amides is 1. The van der Waals surface area contributed by atoms with E-state index in [0.29, 0.717) is 6.61 Å². The van der Waals surface area contributed by atoms with Gasteiger partial charge >= 0.3 is 0 Å². The van der Waals surface area contributed by atoms with Crippen molar-refractivity contribution in [2.75, 3.05) is 46.4 Å². The Hall–Kier alpha value is -2.18. The highest BCUT2D eigenvalue weighted by Gasteiger charge is 2.32. The van der Waals surface area contributed by atoms with Crippen LogP contribution in [0.1, 0.15) is 5.56 Å². The minimum atomic E-state index is 0.0438. The summed E-state index contributed by atoms with van der Waals surface area (Å²) < 4.78 is 11.0. The average molecular weight is 399 g/mol. The molecule has 2 aromatic rings. The highest BCUT2D eigenvalue weighted by Crippen LogP contribution is 2.37. The van der Waals surface area contributed by atoms with Crippen LogP contribution in [0.25, 0.3) is 0 Å². The largest absolute Gasteiger partial charge is 0.497 e. The Morgan fingerprint density at radius 3 is 2.46 bits per heavy atom. The summed E-state index contributed by atoms with van der Waals surface area (Å²) in [4.78, 5) is 18.5. The van der Waals surface area contributed by atoms with Gasteiger partial charge in [0, 0.05) is 37.6 Å². The highest BCUT2D eigenvalue weighted by atomic mass is 32.2. The van der Waals surface area contributed by atoms with Crippen molar-refractivity contribution in [2.45, 2.75) is 16.6 Å². The van der Waals surface area contributed by atoms with E-state index >= 15 is 0 Å². The van der Waals surface area contributed by atoms with Crippen LogP contribution in [0.15, 0.2) is 53.4 Å². The van der Waals surface area contributed by atoms with Gasteiger partial charge < -0.3 is 14.4 Å². The number of nitrogens with zero attached hydrogens (tertiary/aromatic N) is 2. The molecule has 0 aliphatic carbocycles. The van der Waals surface area contributed by atoms with Crippen LogP contribution in [0.3, 0.4) is 0 Å². The van der Waals surface area contributed by atoms with Gasteiger partial charge in [-0.2, -0.15) is 0 Å². The second-order valence-electron chi connectivity index (χ2n) is 7.11. The molecule has 5 nitrogen and oxygen atoms in total. The Kier molecular flexibility index (Phi) is 6.07. The normalized spacial score (nSPS) is 19.3. The van der Waals surface area contributed by atoms with Crippen LogP contribution < -0.4 is 9.47 Å². The van der Waals surface area contributed by atoms with Crippen LogP contribution in [-0.4, -0.2) is 67.4 Å². The molecule has 0 saturated carbocycles. The molecule has 0 aromatic heterocycles. The Labute approximate surface area is 170 Å². The van der Waals surface area contributed by atoms with Crippen molar-refractivity contribution in [3.63, 3.8) is 0 Å². The van der Waals surface area contributed by atoms with Crippen LogP contribution in [0.2, 0.25) is 0 Å². The lowest BCUT2D eigenvalue weighted by Crippen LogP contribution is -2.51. The van der Waals surface area contributed by atoms with E-state index in [0.717, 1.165) is 50.6 Å². The number of fused-ring (bicyclic) bond motifs is 1. The van der Waals surface area contributed by atoms with Crippen LogP contribution in [0.5, 0.6) is 11.5 Å². The Morgan fingerprint density at radius 2 is 1.75 bits per heavy atom. The molecule has 0 N–H and O–H groups in total. The monoisotopic (exact) mass is 398 g/mol. The molecule has 1 unspecified atom stereocenters. The first-order chi connectivity index (χ1) is 13.7. The fourth-order valence-electron chi connectivity index (χ4n) is 3.68.